The van der Waals surface area contributed by atoms with Crippen LogP contribution in [-0.2, 0) is 0 Å². The van der Waals surface area contributed by atoms with Crippen molar-refractivity contribution in [2.75, 3.05) is 5.73 Å². The number of halogens is 1. The van der Waals surface area contributed by atoms with Crippen LogP contribution < -0.4 is 34.0 Å². The van der Waals surface area contributed by atoms with Crippen LogP contribution in [0.5, 0.6) is 0 Å². The van der Waals surface area contributed by atoms with Crippen molar-refractivity contribution in [1.82, 2.24) is 9.78 Å². The van der Waals surface area contributed by atoms with E-state index in [0.717, 1.165) is 4.68 Å². The number of nitrogens with two attached hydrogens (primary N) is 2. The van der Waals surface area contributed by atoms with Crippen LogP contribution in [0.1, 0.15) is 10.5 Å². The van der Waals surface area contributed by atoms with Crippen molar-refractivity contribution in [3.05, 3.63) is 81.0 Å². The number of rotatable bonds is 4. The first-order chi connectivity index (χ1) is 12.4. The fourth-order valence-corrected chi connectivity index (χ4v) is 2.40. The number of nitro benzene ring substituents is 1. The van der Waals surface area contributed by atoms with Crippen LogP contribution in [0.3, 0.4) is 0 Å². The van der Waals surface area contributed by atoms with Crippen molar-refractivity contribution >= 4 is 17.3 Å². The highest BCUT2D eigenvalue weighted by Crippen LogP contribution is 2.16. The Morgan fingerprint density at radius 3 is 2.26 bits per heavy atom. The molecular weight excluding hydrogens is 376 g/mol. The lowest BCUT2D eigenvalue weighted by atomic mass is 10.2. The number of benzene rings is 1. The SMILES string of the molecule is NC(=O)c1nn(-c2ccc([N+](=O)[O-])cc2)c(=O)c(-[n+]2ccccc2)c1N.[Cl-]. The Labute approximate surface area is 158 Å². The minimum Gasteiger partial charge on any atom is -1.00 e. The number of anilines is 1. The molecule has 1 amide bonds. The molecule has 0 saturated heterocycles. The maximum atomic E-state index is 12.9. The quantitative estimate of drug-likeness (QED) is 0.278. The third-order valence-electron chi connectivity index (χ3n) is 3.62. The van der Waals surface area contributed by atoms with E-state index in [-0.39, 0.29) is 40.9 Å². The summed E-state index contributed by atoms with van der Waals surface area (Å²) in [6.07, 6.45) is 3.16. The van der Waals surface area contributed by atoms with Crippen LogP contribution in [0.25, 0.3) is 11.4 Å². The number of nitrogens with zero attached hydrogens (tertiary/aromatic N) is 4. The van der Waals surface area contributed by atoms with Crippen LogP contribution >= 0.6 is 0 Å². The Morgan fingerprint density at radius 1 is 1.15 bits per heavy atom. The zero-order chi connectivity index (χ0) is 18.8. The molecular formula is C16H13ClN6O4. The maximum absolute atomic E-state index is 12.9. The third-order valence-corrected chi connectivity index (χ3v) is 3.62. The fraction of sp³-hybridized carbons (Fsp3) is 0. The molecule has 3 aromatic rings. The standard InChI is InChI=1S/C16H12N6O4.ClH/c17-12-13(15(18)23)19-21(10-4-6-11(7-5-10)22(25)26)16(24)14(12)20-8-2-1-3-9-20;/h1-9H,(H3-,17,18,23,24);1H. The number of non-ortho nitro benzene ring substituents is 1. The van der Waals surface area contributed by atoms with Crippen LogP contribution in [-0.4, -0.2) is 20.6 Å². The van der Waals surface area contributed by atoms with Crippen molar-refractivity contribution in [1.29, 1.82) is 0 Å². The molecule has 0 aliphatic carbocycles. The lowest BCUT2D eigenvalue weighted by Gasteiger charge is -2.09. The normalized spacial score (nSPS) is 10.1. The average Bonchev–Trinajstić information content (AvgIpc) is 2.62. The summed E-state index contributed by atoms with van der Waals surface area (Å²) in [6, 6.07) is 10.2. The number of aromatic nitrogens is 3. The lowest BCUT2D eigenvalue weighted by Crippen LogP contribution is -3.00. The van der Waals surface area contributed by atoms with Gasteiger partial charge in [-0.3, -0.25) is 19.7 Å². The van der Waals surface area contributed by atoms with Crippen LogP contribution in [0.15, 0.2) is 59.7 Å². The first-order valence-electron chi connectivity index (χ1n) is 7.34. The van der Waals surface area contributed by atoms with Gasteiger partial charge in [-0.05, 0) is 12.1 Å². The minimum absolute atomic E-state index is 0. The highest BCUT2D eigenvalue weighted by atomic mass is 35.5. The van der Waals surface area contributed by atoms with E-state index in [0.29, 0.717) is 0 Å². The predicted octanol–water partition coefficient (Wildman–Crippen LogP) is -2.90. The first kappa shape index (κ1) is 19.5. The van der Waals surface area contributed by atoms with Crippen molar-refractivity contribution in [3.63, 3.8) is 0 Å². The summed E-state index contributed by atoms with van der Waals surface area (Å²) in [5.74, 6) is -0.907. The van der Waals surface area contributed by atoms with E-state index in [1.807, 2.05) is 0 Å². The van der Waals surface area contributed by atoms with Crippen LogP contribution in [0.2, 0.25) is 0 Å². The van der Waals surface area contributed by atoms with Crippen molar-refractivity contribution in [3.8, 4) is 11.4 Å². The summed E-state index contributed by atoms with van der Waals surface area (Å²) in [6.45, 7) is 0. The second kappa shape index (κ2) is 7.62. The van der Waals surface area contributed by atoms with Crippen molar-refractivity contribution < 1.29 is 26.7 Å². The van der Waals surface area contributed by atoms with Gasteiger partial charge in [0.2, 0.25) is 0 Å². The maximum Gasteiger partial charge on any atom is 0.346 e. The highest BCUT2D eigenvalue weighted by molar-refractivity contribution is 5.96. The van der Waals surface area contributed by atoms with Crippen LogP contribution in [0.4, 0.5) is 11.4 Å². The van der Waals surface area contributed by atoms with Gasteiger partial charge in [0.25, 0.3) is 11.6 Å². The molecule has 0 aliphatic heterocycles. The van der Waals surface area contributed by atoms with Gasteiger partial charge in [0.15, 0.2) is 18.1 Å². The van der Waals surface area contributed by atoms with Gasteiger partial charge in [0.1, 0.15) is 5.69 Å². The number of hydrogen-bond acceptors (Lipinski definition) is 6. The summed E-state index contributed by atoms with van der Waals surface area (Å²) in [4.78, 5) is 34.8. The molecule has 3 rings (SSSR count). The van der Waals surface area contributed by atoms with Gasteiger partial charge in [-0.1, -0.05) is 6.07 Å². The van der Waals surface area contributed by atoms with Crippen molar-refractivity contribution in [2.24, 2.45) is 5.73 Å². The van der Waals surface area contributed by atoms with Crippen LogP contribution in [0, 0.1) is 10.1 Å². The van der Waals surface area contributed by atoms with Gasteiger partial charge in [-0.25, -0.2) is 0 Å². The summed E-state index contributed by atoms with van der Waals surface area (Å²) in [5, 5.41) is 14.7. The Hall–Kier alpha value is -3.79. The molecule has 11 heteroatoms. The number of nitro groups is 1. The number of pyridine rings is 1. The molecule has 4 N–H and O–H groups in total. The van der Waals surface area contributed by atoms with Gasteiger partial charge in [-0.2, -0.15) is 14.3 Å². The zero-order valence-electron chi connectivity index (χ0n) is 13.7. The minimum atomic E-state index is -0.907. The Morgan fingerprint density at radius 2 is 1.74 bits per heavy atom. The van der Waals surface area contributed by atoms with E-state index in [1.165, 1.54) is 28.8 Å². The molecule has 0 atom stereocenters. The molecule has 2 aromatic heterocycles. The number of amides is 1. The second-order valence-electron chi connectivity index (χ2n) is 5.25. The predicted molar refractivity (Wildman–Crippen MR) is 91.0 cm³/mol. The largest absolute Gasteiger partial charge is 1.00 e. The molecule has 1 aromatic carbocycles. The molecule has 138 valence electrons. The van der Waals surface area contributed by atoms with Crippen molar-refractivity contribution in [2.45, 2.75) is 0 Å². The van der Waals surface area contributed by atoms with E-state index in [1.54, 1.807) is 30.6 Å². The molecule has 0 saturated carbocycles. The van der Waals surface area contributed by atoms with Gasteiger partial charge in [0.05, 0.1) is 10.6 Å². The number of nitrogen functional groups attached to an aromatic ring is 1. The number of hydrogen-bond donors (Lipinski definition) is 2. The Bertz CT molecular complexity index is 1070. The molecule has 0 radical (unpaired) electrons. The summed E-state index contributed by atoms with van der Waals surface area (Å²) >= 11 is 0. The number of carbonyl (C=O) groups is 1. The topological polar surface area (TPSA) is 151 Å². The van der Waals surface area contributed by atoms with E-state index in [9.17, 15) is 19.7 Å². The Balaban J connectivity index is 0.00000261. The van der Waals surface area contributed by atoms with E-state index >= 15 is 0 Å². The number of primary amides is 1. The molecule has 0 fully saturated rings. The summed E-state index contributed by atoms with van der Waals surface area (Å²) in [5.41, 5.74) is 10.3. The van der Waals surface area contributed by atoms with E-state index in [2.05, 4.69) is 5.10 Å². The molecule has 10 nitrogen and oxygen atoms in total. The monoisotopic (exact) mass is 388 g/mol. The molecule has 0 unspecified atom stereocenters. The van der Waals surface area contributed by atoms with Gasteiger partial charge in [-0.15, -0.1) is 0 Å². The summed E-state index contributed by atoms with van der Waals surface area (Å²) < 4.78 is 2.36. The molecule has 27 heavy (non-hydrogen) atoms. The molecule has 0 bridgehead atoms. The van der Waals surface area contributed by atoms with Gasteiger partial charge < -0.3 is 23.9 Å². The van der Waals surface area contributed by atoms with E-state index < -0.39 is 16.4 Å². The zero-order valence-corrected chi connectivity index (χ0v) is 14.4. The molecule has 2 heterocycles. The highest BCUT2D eigenvalue weighted by Gasteiger charge is 2.26. The first-order valence-corrected chi connectivity index (χ1v) is 7.34. The fourth-order valence-electron chi connectivity index (χ4n) is 2.40. The second-order valence-corrected chi connectivity index (χ2v) is 5.25. The summed E-state index contributed by atoms with van der Waals surface area (Å²) in [7, 11) is 0. The molecule has 0 spiro atoms. The third kappa shape index (κ3) is 3.60. The van der Waals surface area contributed by atoms with Gasteiger partial charge >= 0.3 is 11.2 Å². The Kier molecular flexibility index (Phi) is 5.51. The lowest BCUT2D eigenvalue weighted by molar-refractivity contribution is -0.596. The van der Waals surface area contributed by atoms with Gasteiger partial charge in [0, 0.05) is 24.3 Å². The smallest absolute Gasteiger partial charge is 0.346 e. The number of carbonyl (C=O) groups excluding carboxylic acids is 1. The molecule has 0 aliphatic rings. The average molecular weight is 389 g/mol. The van der Waals surface area contributed by atoms with E-state index in [4.69, 9.17) is 11.5 Å².